The molecule has 1 aliphatic carbocycles. The lowest BCUT2D eigenvalue weighted by molar-refractivity contribution is -0.384. The minimum absolute atomic E-state index is 0.0123. The molecule has 0 bridgehead atoms. The molecule has 1 aromatic carbocycles. The summed E-state index contributed by atoms with van der Waals surface area (Å²) in [5.74, 6) is 0.431. The van der Waals surface area contributed by atoms with Crippen LogP contribution in [-0.2, 0) is 6.54 Å². The number of nitro benzene ring substituents is 1. The van der Waals surface area contributed by atoms with Crippen LogP contribution >= 0.6 is 0 Å². The lowest BCUT2D eigenvalue weighted by Gasteiger charge is -2.21. The largest absolute Gasteiger partial charge is 0.388 e. The van der Waals surface area contributed by atoms with Gasteiger partial charge in [0.15, 0.2) is 5.82 Å². The maximum absolute atomic E-state index is 10.8. The normalized spacial score (nSPS) is 17.0. The molecule has 0 spiro atoms. The van der Waals surface area contributed by atoms with Crippen LogP contribution < -0.4 is 0 Å². The van der Waals surface area contributed by atoms with Gasteiger partial charge in [0.25, 0.3) is 5.69 Å². The van der Waals surface area contributed by atoms with Crippen LogP contribution in [0.15, 0.2) is 30.6 Å². The Morgan fingerprint density at radius 1 is 1.38 bits per heavy atom. The highest BCUT2D eigenvalue weighted by atomic mass is 16.6. The lowest BCUT2D eigenvalue weighted by atomic mass is 10.0. The van der Waals surface area contributed by atoms with Crippen LogP contribution in [0.25, 0.3) is 11.4 Å². The fraction of sp³-hybridized carbons (Fsp3) is 0.429. The standard InChI is InChI=1S/C14H16N4O3/c19-14(6-1-2-7-14)9-17-10-15-13(16-17)11-4-3-5-12(8-11)18(20)21/h3-5,8,10,19H,1-2,6-7,9H2. The third kappa shape index (κ3) is 2.92. The first-order valence-corrected chi connectivity index (χ1v) is 6.92. The first kappa shape index (κ1) is 13.7. The molecule has 1 aromatic heterocycles. The number of nitro groups is 1. The highest BCUT2D eigenvalue weighted by Gasteiger charge is 2.31. The van der Waals surface area contributed by atoms with Gasteiger partial charge in [-0.3, -0.25) is 10.1 Å². The Morgan fingerprint density at radius 3 is 2.86 bits per heavy atom. The molecule has 0 unspecified atom stereocenters. The molecule has 0 radical (unpaired) electrons. The Kier molecular flexibility index (Phi) is 3.42. The molecular weight excluding hydrogens is 272 g/mol. The summed E-state index contributed by atoms with van der Waals surface area (Å²) in [5.41, 5.74) is -0.0900. The molecule has 0 saturated heterocycles. The van der Waals surface area contributed by atoms with Crippen molar-refractivity contribution >= 4 is 5.69 Å². The summed E-state index contributed by atoms with van der Waals surface area (Å²) >= 11 is 0. The van der Waals surface area contributed by atoms with E-state index in [1.54, 1.807) is 23.1 Å². The van der Waals surface area contributed by atoms with Gasteiger partial charge in [-0.25, -0.2) is 9.67 Å². The topological polar surface area (TPSA) is 94.1 Å². The minimum atomic E-state index is -0.701. The second-order valence-corrected chi connectivity index (χ2v) is 5.50. The number of non-ortho nitro benzene ring substituents is 1. The number of benzene rings is 1. The van der Waals surface area contributed by atoms with Crippen molar-refractivity contribution in [3.05, 3.63) is 40.7 Å². The van der Waals surface area contributed by atoms with Crippen LogP contribution in [0.1, 0.15) is 25.7 Å². The molecule has 1 fully saturated rings. The quantitative estimate of drug-likeness (QED) is 0.687. The second kappa shape index (κ2) is 5.25. The zero-order chi connectivity index (χ0) is 14.9. The second-order valence-electron chi connectivity index (χ2n) is 5.50. The molecule has 1 heterocycles. The summed E-state index contributed by atoms with van der Waals surface area (Å²) < 4.78 is 1.61. The summed E-state index contributed by atoms with van der Waals surface area (Å²) in [7, 11) is 0. The summed E-state index contributed by atoms with van der Waals surface area (Å²) in [6, 6.07) is 6.22. The van der Waals surface area contributed by atoms with Crippen molar-refractivity contribution < 1.29 is 10.0 Å². The zero-order valence-corrected chi connectivity index (χ0v) is 11.5. The number of rotatable bonds is 4. The molecule has 110 valence electrons. The molecular formula is C14H16N4O3. The maximum atomic E-state index is 10.8. The van der Waals surface area contributed by atoms with Gasteiger partial charge in [-0.2, -0.15) is 5.10 Å². The molecule has 3 rings (SSSR count). The number of nitrogens with zero attached hydrogens (tertiary/aromatic N) is 4. The van der Waals surface area contributed by atoms with E-state index in [1.807, 2.05) is 0 Å². The fourth-order valence-corrected chi connectivity index (χ4v) is 2.75. The van der Waals surface area contributed by atoms with Crippen molar-refractivity contribution in [1.29, 1.82) is 0 Å². The first-order valence-electron chi connectivity index (χ1n) is 6.92. The van der Waals surface area contributed by atoms with Crippen LogP contribution in [0.2, 0.25) is 0 Å². The number of aromatic nitrogens is 3. The molecule has 0 amide bonds. The van der Waals surface area contributed by atoms with E-state index in [-0.39, 0.29) is 5.69 Å². The Labute approximate surface area is 121 Å². The van der Waals surface area contributed by atoms with Crippen molar-refractivity contribution in [2.75, 3.05) is 0 Å². The van der Waals surface area contributed by atoms with E-state index in [1.165, 1.54) is 12.1 Å². The van der Waals surface area contributed by atoms with Crippen LogP contribution in [0.5, 0.6) is 0 Å². The van der Waals surface area contributed by atoms with E-state index in [9.17, 15) is 15.2 Å². The van der Waals surface area contributed by atoms with Gasteiger partial charge in [0.2, 0.25) is 0 Å². The smallest absolute Gasteiger partial charge is 0.270 e. The number of hydrogen-bond acceptors (Lipinski definition) is 5. The van der Waals surface area contributed by atoms with E-state index in [0.717, 1.165) is 25.7 Å². The third-order valence-electron chi connectivity index (χ3n) is 3.84. The molecule has 0 aliphatic heterocycles. The van der Waals surface area contributed by atoms with Gasteiger partial charge in [0.05, 0.1) is 17.1 Å². The van der Waals surface area contributed by atoms with Gasteiger partial charge in [-0.05, 0) is 12.8 Å². The SMILES string of the molecule is O=[N+]([O-])c1cccc(-c2ncn(CC3(O)CCCC3)n2)c1. The summed E-state index contributed by atoms with van der Waals surface area (Å²) in [5, 5.41) is 25.5. The zero-order valence-electron chi connectivity index (χ0n) is 11.5. The Balaban J connectivity index is 1.81. The average molecular weight is 288 g/mol. The van der Waals surface area contributed by atoms with Crippen LogP contribution in [0.4, 0.5) is 5.69 Å². The van der Waals surface area contributed by atoms with Crippen molar-refractivity contribution in [1.82, 2.24) is 14.8 Å². The van der Waals surface area contributed by atoms with Crippen molar-refractivity contribution in [2.24, 2.45) is 0 Å². The average Bonchev–Trinajstić information content (AvgIpc) is 3.09. The van der Waals surface area contributed by atoms with Gasteiger partial charge in [0, 0.05) is 17.7 Å². The van der Waals surface area contributed by atoms with Crippen molar-refractivity contribution in [3.63, 3.8) is 0 Å². The van der Waals surface area contributed by atoms with E-state index < -0.39 is 10.5 Å². The highest BCUT2D eigenvalue weighted by Crippen LogP contribution is 2.31. The molecule has 1 aliphatic rings. The van der Waals surface area contributed by atoms with Crippen LogP contribution in [0.3, 0.4) is 0 Å². The van der Waals surface area contributed by atoms with Gasteiger partial charge in [-0.15, -0.1) is 0 Å². The van der Waals surface area contributed by atoms with Crippen molar-refractivity contribution in [3.8, 4) is 11.4 Å². The predicted molar refractivity (Wildman–Crippen MR) is 75.5 cm³/mol. The van der Waals surface area contributed by atoms with Crippen molar-refractivity contribution in [2.45, 2.75) is 37.8 Å². The summed E-state index contributed by atoms with van der Waals surface area (Å²) in [6.45, 7) is 0.412. The van der Waals surface area contributed by atoms with E-state index in [4.69, 9.17) is 0 Å². The van der Waals surface area contributed by atoms with E-state index in [0.29, 0.717) is 17.9 Å². The molecule has 1 saturated carbocycles. The highest BCUT2D eigenvalue weighted by molar-refractivity contribution is 5.58. The molecule has 0 atom stereocenters. The molecule has 1 N–H and O–H groups in total. The Hall–Kier alpha value is -2.28. The lowest BCUT2D eigenvalue weighted by Crippen LogP contribution is -2.30. The first-order chi connectivity index (χ1) is 10.1. The predicted octanol–water partition coefficient (Wildman–Crippen LogP) is 2.16. The van der Waals surface area contributed by atoms with E-state index in [2.05, 4.69) is 10.1 Å². The van der Waals surface area contributed by atoms with Gasteiger partial charge in [-0.1, -0.05) is 25.0 Å². The van der Waals surface area contributed by atoms with Crippen LogP contribution in [0, 0.1) is 10.1 Å². The molecule has 21 heavy (non-hydrogen) atoms. The van der Waals surface area contributed by atoms with Crippen LogP contribution in [-0.4, -0.2) is 30.4 Å². The summed E-state index contributed by atoms with van der Waals surface area (Å²) in [6.07, 6.45) is 5.17. The minimum Gasteiger partial charge on any atom is -0.388 e. The molecule has 2 aromatic rings. The Morgan fingerprint density at radius 2 is 2.14 bits per heavy atom. The number of hydrogen-bond donors (Lipinski definition) is 1. The number of aliphatic hydroxyl groups is 1. The fourth-order valence-electron chi connectivity index (χ4n) is 2.75. The third-order valence-corrected chi connectivity index (χ3v) is 3.84. The summed E-state index contributed by atoms with van der Waals surface area (Å²) in [4.78, 5) is 14.5. The molecule has 7 heteroatoms. The molecule has 7 nitrogen and oxygen atoms in total. The van der Waals surface area contributed by atoms with Gasteiger partial charge < -0.3 is 5.11 Å². The van der Waals surface area contributed by atoms with Gasteiger partial charge >= 0.3 is 0 Å². The van der Waals surface area contributed by atoms with Gasteiger partial charge in [0.1, 0.15) is 6.33 Å². The monoisotopic (exact) mass is 288 g/mol. The Bertz CT molecular complexity index is 662. The van der Waals surface area contributed by atoms with E-state index >= 15 is 0 Å². The maximum Gasteiger partial charge on any atom is 0.270 e.